The molecule has 48 heavy (non-hydrogen) atoms. The van der Waals surface area contributed by atoms with Crippen LogP contribution in [0.3, 0.4) is 0 Å². The second kappa shape index (κ2) is 9.99. The maximum absolute atomic E-state index is 6.30. The third-order valence-electron chi connectivity index (χ3n) is 10.2. The van der Waals surface area contributed by atoms with Gasteiger partial charge >= 0.3 is 0 Å². The maximum atomic E-state index is 6.30. The molecule has 5 aromatic carbocycles. The Balaban J connectivity index is 1.38. The summed E-state index contributed by atoms with van der Waals surface area (Å²) in [5.41, 5.74) is 14.0. The zero-order valence-electron chi connectivity index (χ0n) is 28.6. The number of anilines is 6. The van der Waals surface area contributed by atoms with E-state index in [1.165, 1.54) is 38.9 Å². The zero-order chi connectivity index (χ0) is 33.1. The largest absolute Gasteiger partial charge is 0.454 e. The number of benzene rings is 5. The molecule has 0 bridgehead atoms. The van der Waals surface area contributed by atoms with Crippen LogP contribution < -0.4 is 45.1 Å². The summed E-state index contributed by atoms with van der Waals surface area (Å²) >= 11 is 0. The van der Waals surface area contributed by atoms with Crippen molar-refractivity contribution < 1.29 is 18.9 Å². The molecule has 240 valence electrons. The number of fused-ring (bicyclic) bond motifs is 7. The van der Waals surface area contributed by atoms with Gasteiger partial charge in [-0.3, -0.25) is 0 Å². The molecule has 9 rings (SSSR count). The molecule has 0 N–H and O–H groups in total. The van der Waals surface area contributed by atoms with Crippen molar-refractivity contribution in [2.45, 2.75) is 59.3 Å². The van der Waals surface area contributed by atoms with Crippen molar-refractivity contribution >= 4 is 57.2 Å². The minimum Gasteiger partial charge on any atom is -0.454 e. The molecule has 0 unspecified atom stereocenters. The first-order valence-electron chi connectivity index (χ1n) is 16.8. The SMILES string of the molecule is Cc1cc2c3c(c1)N(c1cccc4c1OCO4)c1c(ccc4c1OCO4)B3c1cc(C(C)(C)C)ccc1N2c1ccc(C(C)(C)C)cc1. The van der Waals surface area contributed by atoms with Gasteiger partial charge in [-0.2, -0.15) is 0 Å². The van der Waals surface area contributed by atoms with Gasteiger partial charge in [0.1, 0.15) is 0 Å². The Kier molecular flexibility index (Phi) is 6.06. The van der Waals surface area contributed by atoms with Gasteiger partial charge in [-0.15, -0.1) is 0 Å². The molecule has 0 fully saturated rings. The van der Waals surface area contributed by atoms with Gasteiger partial charge in [0.15, 0.2) is 23.0 Å². The highest BCUT2D eigenvalue weighted by Gasteiger charge is 2.46. The molecule has 4 heterocycles. The minimum absolute atomic E-state index is 0.0229. The van der Waals surface area contributed by atoms with E-state index in [-0.39, 0.29) is 31.1 Å². The van der Waals surface area contributed by atoms with Gasteiger partial charge in [0.2, 0.25) is 13.6 Å². The highest BCUT2D eigenvalue weighted by atomic mass is 16.7. The van der Waals surface area contributed by atoms with E-state index in [4.69, 9.17) is 18.9 Å². The van der Waals surface area contributed by atoms with Gasteiger partial charge in [-0.1, -0.05) is 77.9 Å². The first-order chi connectivity index (χ1) is 23.0. The molecule has 0 atom stereocenters. The van der Waals surface area contributed by atoms with E-state index in [1.54, 1.807) is 0 Å². The topological polar surface area (TPSA) is 43.4 Å². The summed E-state index contributed by atoms with van der Waals surface area (Å²) in [6, 6.07) is 31.2. The molecular weight excluding hydrogens is 595 g/mol. The fourth-order valence-electron chi connectivity index (χ4n) is 7.78. The predicted octanol–water partition coefficient (Wildman–Crippen LogP) is 8.13. The maximum Gasteiger partial charge on any atom is 0.252 e. The van der Waals surface area contributed by atoms with Crippen molar-refractivity contribution in [1.82, 2.24) is 0 Å². The summed E-state index contributed by atoms with van der Waals surface area (Å²) in [7, 11) is 0. The summed E-state index contributed by atoms with van der Waals surface area (Å²) in [4.78, 5) is 4.78. The monoisotopic (exact) mass is 634 g/mol. The molecule has 0 radical (unpaired) electrons. The van der Waals surface area contributed by atoms with Crippen LogP contribution in [0.5, 0.6) is 23.0 Å². The minimum atomic E-state index is -0.0346. The number of ether oxygens (including phenoxy) is 4. The molecule has 4 aliphatic heterocycles. The van der Waals surface area contributed by atoms with Gasteiger partial charge in [-0.05, 0) is 99.4 Å². The lowest BCUT2D eigenvalue weighted by molar-refractivity contribution is 0.174. The Labute approximate surface area is 282 Å². The van der Waals surface area contributed by atoms with Gasteiger partial charge in [0.25, 0.3) is 6.71 Å². The Hall–Kier alpha value is -5.04. The van der Waals surface area contributed by atoms with Crippen LogP contribution in [0.15, 0.2) is 84.9 Å². The van der Waals surface area contributed by atoms with Crippen molar-refractivity contribution in [2.24, 2.45) is 0 Å². The molecular formula is C41H39BN2O4. The Bertz CT molecular complexity index is 2140. The van der Waals surface area contributed by atoms with E-state index in [0.29, 0.717) is 0 Å². The lowest BCUT2D eigenvalue weighted by Gasteiger charge is -2.45. The van der Waals surface area contributed by atoms with Crippen LogP contribution in [0.25, 0.3) is 0 Å². The number of nitrogens with zero attached hydrogens (tertiary/aromatic N) is 2. The second-order valence-electron chi connectivity index (χ2n) is 15.4. The standard InChI is InChI=1S/C41H39BN2O4/c1-24-19-32-36-33(20-24)44(31-9-8-10-34-38(31)47-22-45-34)37-28(16-18-35-39(37)48-23-46-35)42(36)29-21-26(41(5,6)7)13-17-30(29)43(32)27-14-11-25(12-15-27)40(2,3)4/h8-21H,22-23H2,1-7H3. The van der Waals surface area contributed by atoms with E-state index in [2.05, 4.69) is 131 Å². The van der Waals surface area contributed by atoms with Crippen molar-refractivity contribution in [2.75, 3.05) is 23.4 Å². The molecule has 7 heteroatoms. The van der Waals surface area contributed by atoms with Crippen molar-refractivity contribution in [3.63, 3.8) is 0 Å². The highest BCUT2D eigenvalue weighted by Crippen LogP contribution is 2.54. The van der Waals surface area contributed by atoms with Crippen LogP contribution in [0.1, 0.15) is 58.2 Å². The number of rotatable bonds is 2. The average Bonchev–Trinajstić information content (AvgIpc) is 3.74. The molecule has 0 spiro atoms. The molecule has 5 aromatic rings. The molecule has 0 aromatic heterocycles. The molecule has 0 saturated carbocycles. The fourth-order valence-corrected chi connectivity index (χ4v) is 7.78. The third-order valence-corrected chi connectivity index (χ3v) is 10.2. The van der Waals surface area contributed by atoms with E-state index in [0.717, 1.165) is 51.3 Å². The number of hydrogen-bond acceptors (Lipinski definition) is 6. The quantitative estimate of drug-likeness (QED) is 0.179. The summed E-state index contributed by atoms with van der Waals surface area (Å²) in [5.74, 6) is 2.98. The van der Waals surface area contributed by atoms with E-state index in [1.807, 2.05) is 12.1 Å². The van der Waals surface area contributed by atoms with Gasteiger partial charge in [-0.25, -0.2) is 0 Å². The van der Waals surface area contributed by atoms with E-state index < -0.39 is 0 Å². The Morgan fingerprint density at radius 3 is 1.92 bits per heavy atom. The number of para-hydroxylation sites is 1. The Morgan fingerprint density at radius 1 is 0.562 bits per heavy atom. The smallest absolute Gasteiger partial charge is 0.252 e. The molecule has 0 amide bonds. The normalized spacial score (nSPS) is 15.4. The van der Waals surface area contributed by atoms with Crippen LogP contribution in [0.4, 0.5) is 34.1 Å². The van der Waals surface area contributed by atoms with Crippen molar-refractivity contribution in [3.8, 4) is 23.0 Å². The van der Waals surface area contributed by atoms with Crippen LogP contribution in [-0.2, 0) is 10.8 Å². The molecule has 4 aliphatic rings. The first kappa shape index (κ1) is 29.1. The first-order valence-corrected chi connectivity index (χ1v) is 16.8. The highest BCUT2D eigenvalue weighted by molar-refractivity contribution is 7.00. The summed E-state index contributed by atoms with van der Waals surface area (Å²) < 4.78 is 24.3. The lowest BCUT2D eigenvalue weighted by Crippen LogP contribution is -2.61. The molecule has 0 saturated heterocycles. The average molecular weight is 635 g/mol. The zero-order valence-corrected chi connectivity index (χ0v) is 28.6. The summed E-state index contributed by atoms with van der Waals surface area (Å²) in [6.07, 6.45) is 0. The second-order valence-corrected chi connectivity index (χ2v) is 15.4. The lowest BCUT2D eigenvalue weighted by atomic mass is 9.33. The van der Waals surface area contributed by atoms with Crippen molar-refractivity contribution in [3.05, 3.63) is 102 Å². The number of hydrogen-bond donors (Lipinski definition) is 0. The third kappa shape index (κ3) is 4.19. The van der Waals surface area contributed by atoms with Gasteiger partial charge in [0, 0.05) is 22.7 Å². The fraction of sp³-hybridized carbons (Fsp3) is 0.268. The van der Waals surface area contributed by atoms with E-state index >= 15 is 0 Å². The van der Waals surface area contributed by atoms with Crippen LogP contribution in [0.2, 0.25) is 0 Å². The predicted molar refractivity (Wildman–Crippen MR) is 195 cm³/mol. The summed E-state index contributed by atoms with van der Waals surface area (Å²) in [5, 5.41) is 0. The van der Waals surface area contributed by atoms with Gasteiger partial charge < -0.3 is 28.7 Å². The van der Waals surface area contributed by atoms with Crippen LogP contribution in [-0.4, -0.2) is 20.3 Å². The Morgan fingerprint density at radius 2 is 1.21 bits per heavy atom. The van der Waals surface area contributed by atoms with Crippen LogP contribution >= 0.6 is 0 Å². The number of aryl methyl sites for hydroxylation is 1. The van der Waals surface area contributed by atoms with E-state index in [9.17, 15) is 0 Å². The summed E-state index contributed by atoms with van der Waals surface area (Å²) in [6.45, 7) is 16.2. The van der Waals surface area contributed by atoms with Gasteiger partial charge in [0.05, 0.1) is 11.4 Å². The molecule has 0 aliphatic carbocycles. The van der Waals surface area contributed by atoms with Crippen LogP contribution in [0, 0.1) is 6.92 Å². The molecule has 6 nitrogen and oxygen atoms in total. The van der Waals surface area contributed by atoms with Crippen molar-refractivity contribution in [1.29, 1.82) is 0 Å².